The molecular formula is C52H94O4. The van der Waals surface area contributed by atoms with Gasteiger partial charge in [-0.3, -0.25) is 0 Å². The fourth-order valence-electron chi connectivity index (χ4n) is 14.9. The number of carbonyl (C=O) groups excluding carboxylic acids is 1. The number of hydrogen-bond acceptors (Lipinski definition) is 4. The number of hydrogen-bond donors (Lipinski definition) is 0. The maximum Gasteiger partial charge on any atom is 0.345 e. The second-order valence-corrected chi connectivity index (χ2v) is 23.5. The van der Waals surface area contributed by atoms with Gasteiger partial charge in [-0.2, -0.15) is 0 Å². The SMILES string of the molecule is CCCC1OOC1(CC)C(=O)OC(CC(C)(C1CC(C)CCC1C(C)C)C1CC(C)CCC1C(C)C)(C1CC(C)CCC1C(C)C)C1CC(C)CCC1C(C)C. The topological polar surface area (TPSA) is 44.8 Å². The van der Waals surface area contributed by atoms with Gasteiger partial charge in [0.05, 0.1) is 0 Å². The molecule has 5 fully saturated rings. The second-order valence-electron chi connectivity index (χ2n) is 23.5. The molecule has 0 amide bonds. The van der Waals surface area contributed by atoms with Gasteiger partial charge in [0.2, 0.25) is 5.60 Å². The summed E-state index contributed by atoms with van der Waals surface area (Å²) in [7, 11) is 0. The van der Waals surface area contributed by atoms with Gasteiger partial charge in [-0.05, 0) is 159 Å². The van der Waals surface area contributed by atoms with Crippen molar-refractivity contribution in [2.24, 2.45) is 100 Å². The van der Waals surface area contributed by atoms with E-state index < -0.39 is 11.2 Å². The third-order valence-electron chi connectivity index (χ3n) is 18.2. The summed E-state index contributed by atoms with van der Waals surface area (Å²) in [5.41, 5.74) is -1.54. The van der Waals surface area contributed by atoms with Crippen LogP contribution in [-0.2, 0) is 19.3 Å². The van der Waals surface area contributed by atoms with Gasteiger partial charge >= 0.3 is 5.97 Å². The Labute approximate surface area is 348 Å². The van der Waals surface area contributed by atoms with Crippen LogP contribution < -0.4 is 0 Å². The van der Waals surface area contributed by atoms with Crippen molar-refractivity contribution in [1.82, 2.24) is 0 Å². The smallest absolute Gasteiger partial charge is 0.345 e. The summed E-state index contributed by atoms with van der Waals surface area (Å²) < 4.78 is 8.03. The highest BCUT2D eigenvalue weighted by atomic mass is 17.3. The molecule has 5 rings (SSSR count). The Hall–Kier alpha value is -0.610. The van der Waals surface area contributed by atoms with Gasteiger partial charge in [-0.25, -0.2) is 14.6 Å². The van der Waals surface area contributed by atoms with Gasteiger partial charge in [0.25, 0.3) is 0 Å². The lowest BCUT2D eigenvalue weighted by Gasteiger charge is -2.63. The monoisotopic (exact) mass is 783 g/mol. The number of esters is 1. The molecule has 5 aliphatic rings. The molecule has 14 atom stereocenters. The molecular weight excluding hydrogens is 689 g/mol. The third kappa shape index (κ3) is 9.17. The lowest BCUT2D eigenvalue weighted by Crippen LogP contribution is -2.67. The van der Waals surface area contributed by atoms with Crippen molar-refractivity contribution >= 4 is 5.97 Å². The van der Waals surface area contributed by atoms with Crippen LogP contribution in [0.25, 0.3) is 0 Å². The van der Waals surface area contributed by atoms with E-state index in [2.05, 4.69) is 104 Å². The Morgan fingerprint density at radius 2 is 0.964 bits per heavy atom. The van der Waals surface area contributed by atoms with Crippen LogP contribution in [0.3, 0.4) is 0 Å². The average molecular weight is 783 g/mol. The minimum atomic E-state index is -1.02. The molecule has 1 aliphatic heterocycles. The van der Waals surface area contributed by atoms with E-state index in [0.29, 0.717) is 89.3 Å². The van der Waals surface area contributed by atoms with E-state index in [4.69, 9.17) is 14.5 Å². The molecule has 4 nitrogen and oxygen atoms in total. The molecule has 0 N–H and O–H groups in total. The zero-order valence-electron chi connectivity index (χ0n) is 39.8. The van der Waals surface area contributed by atoms with E-state index in [1.807, 2.05) is 0 Å². The quantitative estimate of drug-likeness (QED) is 0.123. The fourth-order valence-corrected chi connectivity index (χ4v) is 14.9. The number of ether oxygens (including phenoxy) is 1. The second kappa shape index (κ2) is 19.0. The van der Waals surface area contributed by atoms with Crippen molar-refractivity contribution in [2.45, 2.75) is 224 Å². The van der Waals surface area contributed by atoms with Crippen LogP contribution in [0.15, 0.2) is 0 Å². The molecule has 4 saturated carbocycles. The predicted octanol–water partition coefficient (Wildman–Crippen LogP) is 14.8. The fraction of sp³-hybridized carbons (Fsp3) is 0.981. The van der Waals surface area contributed by atoms with Crippen molar-refractivity contribution < 1.29 is 19.3 Å². The molecule has 1 saturated heterocycles. The van der Waals surface area contributed by atoms with Crippen LogP contribution >= 0.6 is 0 Å². The molecule has 0 bridgehead atoms. The van der Waals surface area contributed by atoms with E-state index in [0.717, 1.165) is 31.1 Å². The standard InChI is InChI=1S/C52H94O4/c1-16-18-48-51(17-2,56-55-48)49(53)54-52(46-29-38(13)21-25-42(46)34(7)8,47-30-39(14)22-26-43(47)35(9)10)31-50(15,44-27-36(11)19-23-40(44)32(3)4)45-28-37(12)20-24-41(45)33(5)6/h32-48H,16-31H2,1-15H3. The minimum absolute atomic E-state index is 0.0388. The van der Waals surface area contributed by atoms with Crippen molar-refractivity contribution in [3.63, 3.8) is 0 Å². The summed E-state index contributed by atoms with van der Waals surface area (Å²) in [5.74, 6) is 9.41. The number of rotatable bonds is 15. The molecule has 0 aromatic carbocycles. The zero-order chi connectivity index (χ0) is 41.3. The Kier molecular flexibility index (Phi) is 15.7. The molecule has 0 aromatic heterocycles. The summed E-state index contributed by atoms with van der Waals surface area (Å²) in [5, 5.41) is 0. The van der Waals surface area contributed by atoms with Crippen LogP contribution in [0.1, 0.15) is 207 Å². The number of carbonyl (C=O) groups is 1. The minimum Gasteiger partial charge on any atom is -0.456 e. The Bertz CT molecular complexity index is 1170. The first-order valence-corrected chi connectivity index (χ1v) is 24.9. The highest BCUT2D eigenvalue weighted by Gasteiger charge is 2.65. The molecule has 1 heterocycles. The molecule has 0 spiro atoms. The third-order valence-corrected chi connectivity index (χ3v) is 18.2. The highest BCUT2D eigenvalue weighted by Crippen LogP contribution is 2.65. The normalized spacial score (nSPS) is 42.0. The van der Waals surface area contributed by atoms with Crippen molar-refractivity contribution in [3.8, 4) is 0 Å². The van der Waals surface area contributed by atoms with Crippen molar-refractivity contribution in [3.05, 3.63) is 0 Å². The lowest BCUT2D eigenvalue weighted by molar-refractivity contribution is -0.500. The lowest BCUT2D eigenvalue weighted by atomic mass is 9.45. The van der Waals surface area contributed by atoms with Gasteiger partial charge in [-0.15, -0.1) is 0 Å². The first-order valence-electron chi connectivity index (χ1n) is 24.9. The summed E-state index contributed by atoms with van der Waals surface area (Å²) >= 11 is 0. The molecule has 14 unspecified atom stereocenters. The van der Waals surface area contributed by atoms with Crippen LogP contribution in [0.2, 0.25) is 0 Å². The van der Waals surface area contributed by atoms with E-state index in [9.17, 15) is 0 Å². The summed E-state index contributed by atoms with van der Waals surface area (Å²) in [6.45, 7) is 37.4. The van der Waals surface area contributed by atoms with Crippen LogP contribution in [0.4, 0.5) is 0 Å². The maximum absolute atomic E-state index is 15.7. The molecule has 326 valence electrons. The van der Waals surface area contributed by atoms with E-state index in [1.54, 1.807) is 0 Å². The summed E-state index contributed by atoms with van der Waals surface area (Å²) in [6.07, 6.45) is 18.6. The van der Waals surface area contributed by atoms with Crippen LogP contribution in [0.5, 0.6) is 0 Å². The van der Waals surface area contributed by atoms with Crippen LogP contribution in [-0.4, -0.2) is 23.3 Å². The Morgan fingerprint density at radius 1 is 0.607 bits per heavy atom. The van der Waals surface area contributed by atoms with Gasteiger partial charge in [0, 0.05) is 11.8 Å². The van der Waals surface area contributed by atoms with E-state index in [1.165, 1.54) is 77.0 Å². The molecule has 4 aliphatic carbocycles. The van der Waals surface area contributed by atoms with Gasteiger partial charge < -0.3 is 4.74 Å². The predicted molar refractivity (Wildman–Crippen MR) is 235 cm³/mol. The van der Waals surface area contributed by atoms with Gasteiger partial charge in [0.15, 0.2) is 0 Å². The van der Waals surface area contributed by atoms with Crippen molar-refractivity contribution in [1.29, 1.82) is 0 Å². The molecule has 0 radical (unpaired) electrons. The van der Waals surface area contributed by atoms with E-state index in [-0.39, 0.29) is 17.5 Å². The van der Waals surface area contributed by atoms with Crippen molar-refractivity contribution in [2.75, 3.05) is 0 Å². The first kappa shape index (κ1) is 46.5. The van der Waals surface area contributed by atoms with Gasteiger partial charge in [0.1, 0.15) is 11.7 Å². The van der Waals surface area contributed by atoms with E-state index >= 15 is 4.79 Å². The highest BCUT2D eigenvalue weighted by molar-refractivity contribution is 5.81. The molecule has 0 aromatic rings. The molecule has 4 heteroatoms. The summed E-state index contributed by atoms with van der Waals surface area (Å²) in [4.78, 5) is 27.7. The Morgan fingerprint density at radius 3 is 1.27 bits per heavy atom. The average Bonchev–Trinajstić information content (AvgIpc) is 3.12. The summed E-state index contributed by atoms with van der Waals surface area (Å²) in [6, 6.07) is 0. The maximum atomic E-state index is 15.7. The first-order chi connectivity index (χ1) is 26.3. The van der Waals surface area contributed by atoms with Gasteiger partial charge in [-0.1, -0.05) is 136 Å². The zero-order valence-corrected chi connectivity index (χ0v) is 39.8. The van der Waals surface area contributed by atoms with Crippen LogP contribution in [0, 0.1) is 100 Å². The Balaban J connectivity index is 1.85. The largest absolute Gasteiger partial charge is 0.456 e. The molecule has 56 heavy (non-hydrogen) atoms.